The molecule has 0 aliphatic rings. The van der Waals surface area contributed by atoms with Crippen LogP contribution in [0.15, 0.2) is 28.7 Å². The molecule has 4 heteroatoms. The predicted octanol–water partition coefficient (Wildman–Crippen LogP) is 2.82. The number of rotatable bonds is 6. The van der Waals surface area contributed by atoms with E-state index in [1.54, 1.807) is 0 Å². The van der Waals surface area contributed by atoms with Gasteiger partial charge in [0.2, 0.25) is 0 Å². The van der Waals surface area contributed by atoms with Crippen molar-refractivity contribution in [1.29, 1.82) is 0 Å². The molecule has 1 rings (SSSR count). The zero-order valence-electron chi connectivity index (χ0n) is 9.61. The fourth-order valence-corrected chi connectivity index (χ4v) is 2.49. The normalized spacial score (nSPS) is 14.8. The molecule has 0 saturated heterocycles. The van der Waals surface area contributed by atoms with Gasteiger partial charge in [0.15, 0.2) is 0 Å². The van der Waals surface area contributed by atoms with Gasteiger partial charge in [-0.15, -0.1) is 0 Å². The molecule has 2 N–H and O–H groups in total. The molecular weight excluding hydrogens is 286 g/mol. The molecule has 0 saturated carbocycles. The van der Waals surface area contributed by atoms with Crippen molar-refractivity contribution in [2.75, 3.05) is 18.6 Å². The van der Waals surface area contributed by atoms with Gasteiger partial charge in [0.1, 0.15) is 0 Å². The van der Waals surface area contributed by atoms with Gasteiger partial charge in [0.05, 0.1) is 6.10 Å². The van der Waals surface area contributed by atoms with Crippen LogP contribution < -0.4 is 5.32 Å². The van der Waals surface area contributed by atoms with Gasteiger partial charge >= 0.3 is 0 Å². The van der Waals surface area contributed by atoms with Crippen LogP contribution >= 0.6 is 27.7 Å². The van der Waals surface area contributed by atoms with Crippen LogP contribution in [-0.4, -0.2) is 29.7 Å². The largest absolute Gasteiger partial charge is 0.387 e. The van der Waals surface area contributed by atoms with Crippen molar-refractivity contribution in [3.63, 3.8) is 0 Å². The van der Waals surface area contributed by atoms with Gasteiger partial charge in [-0.1, -0.05) is 28.1 Å². The lowest BCUT2D eigenvalue weighted by Gasteiger charge is -2.16. The van der Waals surface area contributed by atoms with Crippen molar-refractivity contribution in [1.82, 2.24) is 5.32 Å². The highest BCUT2D eigenvalue weighted by molar-refractivity contribution is 9.10. The first-order valence-electron chi connectivity index (χ1n) is 5.29. The van der Waals surface area contributed by atoms with Crippen molar-refractivity contribution in [2.24, 2.45) is 0 Å². The lowest BCUT2D eigenvalue weighted by molar-refractivity contribution is 0.172. The van der Waals surface area contributed by atoms with E-state index in [9.17, 15) is 5.11 Å². The molecule has 0 bridgehead atoms. The minimum atomic E-state index is -0.443. The molecule has 0 aliphatic carbocycles. The highest BCUT2D eigenvalue weighted by Gasteiger charge is 2.09. The molecule has 2 atom stereocenters. The first-order valence-corrected chi connectivity index (χ1v) is 7.48. The van der Waals surface area contributed by atoms with Crippen LogP contribution in [-0.2, 0) is 0 Å². The minimum absolute atomic E-state index is 0.428. The maximum atomic E-state index is 9.97. The number of aliphatic hydroxyl groups is 1. The van der Waals surface area contributed by atoms with Gasteiger partial charge in [0, 0.05) is 22.8 Å². The number of aliphatic hydroxyl groups excluding tert-OH is 1. The summed E-state index contributed by atoms with van der Waals surface area (Å²) in [7, 11) is 0. The summed E-state index contributed by atoms with van der Waals surface area (Å²) in [4.78, 5) is 0. The third kappa shape index (κ3) is 4.87. The standard InChI is InChI=1S/C12H18BrNOS/c1-9(8-16-2)14-7-12(15)10-4-3-5-11(13)6-10/h3-6,9,12,14-15H,7-8H2,1-2H3. The summed E-state index contributed by atoms with van der Waals surface area (Å²) in [5, 5.41) is 13.3. The quantitative estimate of drug-likeness (QED) is 0.847. The van der Waals surface area contributed by atoms with Crippen LogP contribution in [0, 0.1) is 0 Å². The first kappa shape index (κ1) is 14.0. The Bertz CT molecular complexity index is 322. The number of halogens is 1. The fourth-order valence-electron chi connectivity index (χ4n) is 1.45. The van der Waals surface area contributed by atoms with E-state index in [1.807, 2.05) is 36.0 Å². The molecule has 16 heavy (non-hydrogen) atoms. The van der Waals surface area contributed by atoms with Crippen LogP contribution in [0.5, 0.6) is 0 Å². The van der Waals surface area contributed by atoms with Gasteiger partial charge in [-0.3, -0.25) is 0 Å². The first-order chi connectivity index (χ1) is 7.63. The van der Waals surface area contributed by atoms with Gasteiger partial charge in [-0.05, 0) is 30.9 Å². The van der Waals surface area contributed by atoms with Gasteiger partial charge in [-0.25, -0.2) is 0 Å². The lowest BCUT2D eigenvalue weighted by Crippen LogP contribution is -2.32. The second-order valence-corrected chi connectivity index (χ2v) is 5.66. The summed E-state index contributed by atoms with van der Waals surface area (Å²) in [6.45, 7) is 2.72. The van der Waals surface area contributed by atoms with Crippen molar-refractivity contribution in [3.05, 3.63) is 34.3 Å². The Hall–Kier alpha value is -0.0300. The van der Waals surface area contributed by atoms with Crippen molar-refractivity contribution in [3.8, 4) is 0 Å². The van der Waals surface area contributed by atoms with Crippen molar-refractivity contribution < 1.29 is 5.11 Å². The van der Waals surface area contributed by atoms with Crippen LogP contribution in [0.4, 0.5) is 0 Å². The maximum Gasteiger partial charge on any atom is 0.0914 e. The summed E-state index contributed by atoms with van der Waals surface area (Å²) < 4.78 is 1.00. The second-order valence-electron chi connectivity index (χ2n) is 3.84. The number of thioether (sulfide) groups is 1. The Morgan fingerprint density at radius 2 is 2.25 bits per heavy atom. The van der Waals surface area contributed by atoms with E-state index < -0.39 is 6.10 Å². The van der Waals surface area contributed by atoms with E-state index in [0.717, 1.165) is 15.8 Å². The van der Waals surface area contributed by atoms with Crippen LogP contribution in [0.2, 0.25) is 0 Å². The molecule has 0 aromatic heterocycles. The zero-order chi connectivity index (χ0) is 12.0. The Morgan fingerprint density at radius 1 is 1.50 bits per heavy atom. The molecular formula is C12H18BrNOS. The van der Waals surface area contributed by atoms with Gasteiger partial charge in [0.25, 0.3) is 0 Å². The molecule has 0 radical (unpaired) electrons. The Labute approximate surface area is 110 Å². The molecule has 2 unspecified atom stereocenters. The third-order valence-corrected chi connectivity index (χ3v) is 3.64. The smallest absolute Gasteiger partial charge is 0.0914 e. The molecule has 0 aliphatic heterocycles. The molecule has 2 nitrogen and oxygen atoms in total. The Kier molecular flexibility index (Phi) is 6.43. The van der Waals surface area contributed by atoms with Crippen molar-refractivity contribution in [2.45, 2.75) is 19.1 Å². The fraction of sp³-hybridized carbons (Fsp3) is 0.500. The van der Waals surface area contributed by atoms with Crippen LogP contribution in [0.1, 0.15) is 18.6 Å². The number of benzene rings is 1. The summed E-state index contributed by atoms with van der Waals surface area (Å²) in [5.41, 5.74) is 0.943. The molecule has 90 valence electrons. The van der Waals surface area contributed by atoms with E-state index in [0.29, 0.717) is 12.6 Å². The van der Waals surface area contributed by atoms with Crippen molar-refractivity contribution >= 4 is 27.7 Å². The lowest BCUT2D eigenvalue weighted by atomic mass is 10.1. The highest BCUT2D eigenvalue weighted by atomic mass is 79.9. The van der Waals surface area contributed by atoms with E-state index in [4.69, 9.17) is 0 Å². The summed E-state index contributed by atoms with van der Waals surface area (Å²) in [6, 6.07) is 8.22. The number of nitrogens with one attached hydrogen (secondary N) is 1. The van der Waals surface area contributed by atoms with Crippen LogP contribution in [0.3, 0.4) is 0 Å². The molecule has 0 heterocycles. The third-order valence-electron chi connectivity index (χ3n) is 2.31. The average molecular weight is 304 g/mol. The minimum Gasteiger partial charge on any atom is -0.387 e. The topological polar surface area (TPSA) is 32.3 Å². The van der Waals surface area contributed by atoms with Gasteiger partial charge < -0.3 is 10.4 Å². The molecule has 0 amide bonds. The number of hydrogen-bond acceptors (Lipinski definition) is 3. The summed E-state index contributed by atoms with van der Waals surface area (Å²) in [5.74, 6) is 1.06. The SMILES string of the molecule is CSCC(C)NCC(O)c1cccc(Br)c1. The molecule has 0 fully saturated rings. The molecule has 1 aromatic carbocycles. The highest BCUT2D eigenvalue weighted by Crippen LogP contribution is 2.17. The monoisotopic (exact) mass is 303 g/mol. The zero-order valence-corrected chi connectivity index (χ0v) is 12.0. The van der Waals surface area contributed by atoms with Gasteiger partial charge in [-0.2, -0.15) is 11.8 Å². The number of hydrogen-bond donors (Lipinski definition) is 2. The van der Waals surface area contributed by atoms with Crippen LogP contribution in [0.25, 0.3) is 0 Å². The van der Waals surface area contributed by atoms with E-state index >= 15 is 0 Å². The van der Waals surface area contributed by atoms with E-state index in [1.165, 1.54) is 0 Å². The Balaban J connectivity index is 2.43. The molecule has 1 aromatic rings. The summed E-state index contributed by atoms with van der Waals surface area (Å²) in [6.07, 6.45) is 1.64. The average Bonchev–Trinajstić information content (AvgIpc) is 2.26. The summed E-state index contributed by atoms with van der Waals surface area (Å²) >= 11 is 5.21. The van der Waals surface area contributed by atoms with E-state index in [-0.39, 0.29) is 0 Å². The maximum absolute atomic E-state index is 9.97. The second kappa shape index (κ2) is 7.33. The Morgan fingerprint density at radius 3 is 2.88 bits per heavy atom. The molecule has 0 spiro atoms. The van der Waals surface area contributed by atoms with E-state index in [2.05, 4.69) is 34.4 Å². The predicted molar refractivity (Wildman–Crippen MR) is 74.9 cm³/mol.